The highest BCUT2D eigenvalue weighted by atomic mass is 32.2. The summed E-state index contributed by atoms with van der Waals surface area (Å²) in [5, 5.41) is 7.76. The zero-order valence-electron chi connectivity index (χ0n) is 21.0. The highest BCUT2D eigenvalue weighted by molar-refractivity contribution is 7.98. The fraction of sp³-hybridized carbons (Fsp3) is 0.207. The SMILES string of the molecule is COc1ccccc1CNC(=O)C1(C)Cn2nc(-c3ccccc3)cc2C(=O)N1c1cccc(SC)c1. The molecule has 1 unspecified atom stereocenters. The number of nitrogens with one attached hydrogen (secondary N) is 1. The number of hydrogen-bond acceptors (Lipinski definition) is 5. The van der Waals surface area contributed by atoms with Crippen LogP contribution in [0.2, 0.25) is 0 Å². The number of hydrogen-bond donors (Lipinski definition) is 1. The summed E-state index contributed by atoms with van der Waals surface area (Å²) >= 11 is 1.59. The molecule has 2 heterocycles. The van der Waals surface area contributed by atoms with Gasteiger partial charge in [-0.3, -0.25) is 19.2 Å². The van der Waals surface area contributed by atoms with Gasteiger partial charge in [-0.05, 0) is 43.5 Å². The normalized spacial score (nSPS) is 16.8. The molecule has 0 saturated heterocycles. The van der Waals surface area contributed by atoms with Gasteiger partial charge >= 0.3 is 0 Å². The minimum atomic E-state index is -1.22. The number of ether oxygens (including phenoxy) is 1. The van der Waals surface area contributed by atoms with Crippen molar-refractivity contribution in [3.63, 3.8) is 0 Å². The van der Waals surface area contributed by atoms with Crippen molar-refractivity contribution in [2.24, 2.45) is 0 Å². The van der Waals surface area contributed by atoms with Crippen molar-refractivity contribution in [2.75, 3.05) is 18.3 Å². The summed E-state index contributed by atoms with van der Waals surface area (Å²) in [6.07, 6.45) is 1.98. The number of carbonyl (C=O) groups is 2. The van der Waals surface area contributed by atoms with Crippen molar-refractivity contribution >= 4 is 29.3 Å². The van der Waals surface area contributed by atoms with Crippen LogP contribution in [-0.2, 0) is 17.9 Å². The molecule has 188 valence electrons. The van der Waals surface area contributed by atoms with E-state index in [0.717, 1.165) is 16.0 Å². The van der Waals surface area contributed by atoms with Crippen molar-refractivity contribution in [1.29, 1.82) is 0 Å². The smallest absolute Gasteiger partial charge is 0.277 e. The van der Waals surface area contributed by atoms with Gasteiger partial charge in [-0.25, -0.2) is 0 Å². The fourth-order valence-electron chi connectivity index (χ4n) is 4.70. The van der Waals surface area contributed by atoms with Crippen LogP contribution in [0.15, 0.2) is 89.8 Å². The monoisotopic (exact) mass is 512 g/mol. The molecular weight excluding hydrogens is 484 g/mol. The molecule has 3 aromatic carbocycles. The second-order valence-electron chi connectivity index (χ2n) is 9.05. The first-order chi connectivity index (χ1) is 17.9. The Morgan fingerprint density at radius 2 is 1.81 bits per heavy atom. The molecule has 2 amide bonds. The summed E-state index contributed by atoms with van der Waals surface area (Å²) < 4.78 is 7.10. The lowest BCUT2D eigenvalue weighted by Gasteiger charge is -2.43. The quantitative estimate of drug-likeness (QED) is 0.352. The Hall–Kier alpha value is -4.04. The molecule has 0 saturated carbocycles. The Labute approximate surface area is 220 Å². The predicted octanol–water partition coefficient (Wildman–Crippen LogP) is 5.02. The van der Waals surface area contributed by atoms with Crippen LogP contribution >= 0.6 is 11.8 Å². The molecule has 1 N–H and O–H groups in total. The number of benzene rings is 3. The number of aromatic nitrogens is 2. The summed E-state index contributed by atoms with van der Waals surface area (Å²) in [7, 11) is 1.60. The van der Waals surface area contributed by atoms with Gasteiger partial charge in [0.1, 0.15) is 17.0 Å². The van der Waals surface area contributed by atoms with Gasteiger partial charge in [0.25, 0.3) is 5.91 Å². The number of carbonyl (C=O) groups excluding carboxylic acids is 2. The molecule has 0 aliphatic carbocycles. The summed E-state index contributed by atoms with van der Waals surface area (Å²) in [6.45, 7) is 2.27. The summed E-state index contributed by atoms with van der Waals surface area (Å²) in [5.74, 6) is 0.150. The standard InChI is InChI=1S/C29H28N4O3S/c1-29(28(35)30-18-21-12-7-8-15-26(21)36-2)19-32-25(17-24(31-32)20-10-5-4-6-11-20)27(34)33(29)22-13-9-14-23(16-22)37-3/h4-17H,18-19H2,1-3H3,(H,30,35). The Morgan fingerprint density at radius 3 is 2.57 bits per heavy atom. The highest BCUT2D eigenvalue weighted by Gasteiger charge is 2.49. The van der Waals surface area contributed by atoms with E-state index in [4.69, 9.17) is 9.84 Å². The second kappa shape index (κ2) is 10.1. The molecule has 37 heavy (non-hydrogen) atoms. The average Bonchev–Trinajstić information content (AvgIpc) is 3.36. The third-order valence-corrected chi connectivity index (χ3v) is 7.38. The number of amides is 2. The third kappa shape index (κ3) is 4.60. The zero-order chi connectivity index (χ0) is 26.0. The molecule has 1 aliphatic heterocycles. The van der Waals surface area contributed by atoms with Gasteiger partial charge in [-0.15, -0.1) is 11.8 Å². The number of fused-ring (bicyclic) bond motifs is 1. The average molecular weight is 513 g/mol. The Morgan fingerprint density at radius 1 is 1.05 bits per heavy atom. The zero-order valence-corrected chi connectivity index (χ0v) is 21.8. The molecule has 0 fully saturated rings. The van der Waals surface area contributed by atoms with Gasteiger partial charge in [0, 0.05) is 28.3 Å². The lowest BCUT2D eigenvalue weighted by Crippen LogP contribution is -2.64. The lowest BCUT2D eigenvalue weighted by atomic mass is 9.93. The highest BCUT2D eigenvalue weighted by Crippen LogP contribution is 2.35. The molecule has 1 aliphatic rings. The van der Waals surface area contributed by atoms with Crippen LogP contribution in [0.3, 0.4) is 0 Å². The minimum Gasteiger partial charge on any atom is -0.496 e. The van der Waals surface area contributed by atoms with Crippen molar-refractivity contribution in [2.45, 2.75) is 30.4 Å². The van der Waals surface area contributed by atoms with Crippen LogP contribution in [0.5, 0.6) is 5.75 Å². The number of anilines is 1. The van der Waals surface area contributed by atoms with E-state index >= 15 is 0 Å². The number of para-hydroxylation sites is 1. The second-order valence-corrected chi connectivity index (χ2v) is 9.93. The topological polar surface area (TPSA) is 76.5 Å². The fourth-order valence-corrected chi connectivity index (χ4v) is 5.15. The molecular formula is C29H28N4O3S. The predicted molar refractivity (Wildman–Crippen MR) is 146 cm³/mol. The van der Waals surface area contributed by atoms with E-state index in [1.165, 1.54) is 0 Å². The molecule has 5 rings (SSSR count). The van der Waals surface area contributed by atoms with Gasteiger partial charge in [0.2, 0.25) is 5.91 Å². The molecule has 8 heteroatoms. The molecule has 1 atom stereocenters. The number of nitrogens with zero attached hydrogens (tertiary/aromatic N) is 3. The third-order valence-electron chi connectivity index (χ3n) is 6.66. The first-order valence-electron chi connectivity index (χ1n) is 12.0. The van der Waals surface area contributed by atoms with Crippen LogP contribution in [0.25, 0.3) is 11.3 Å². The van der Waals surface area contributed by atoms with E-state index in [2.05, 4.69) is 5.32 Å². The Bertz CT molecular complexity index is 1450. The van der Waals surface area contributed by atoms with Crippen LogP contribution in [0.1, 0.15) is 23.0 Å². The van der Waals surface area contributed by atoms with E-state index in [0.29, 0.717) is 22.8 Å². The van der Waals surface area contributed by atoms with Gasteiger partial charge in [-0.2, -0.15) is 5.10 Å². The van der Waals surface area contributed by atoms with E-state index in [-0.39, 0.29) is 24.9 Å². The summed E-state index contributed by atoms with van der Waals surface area (Å²) in [5.41, 5.74) is 2.36. The van der Waals surface area contributed by atoms with E-state index in [9.17, 15) is 9.59 Å². The first-order valence-corrected chi connectivity index (χ1v) is 13.2. The minimum absolute atomic E-state index is 0.210. The van der Waals surface area contributed by atoms with Crippen LogP contribution in [-0.4, -0.2) is 40.5 Å². The Kier molecular flexibility index (Phi) is 6.76. The van der Waals surface area contributed by atoms with Crippen molar-refractivity contribution in [3.05, 3.63) is 96.2 Å². The molecule has 0 radical (unpaired) electrons. The molecule has 0 spiro atoms. The Balaban J connectivity index is 1.55. The number of rotatable bonds is 7. The van der Waals surface area contributed by atoms with Crippen LogP contribution in [0.4, 0.5) is 5.69 Å². The van der Waals surface area contributed by atoms with Gasteiger partial charge in [0.05, 0.1) is 19.3 Å². The maximum atomic E-state index is 14.0. The van der Waals surface area contributed by atoms with E-state index in [1.54, 1.807) is 41.4 Å². The summed E-state index contributed by atoms with van der Waals surface area (Å²) in [4.78, 5) is 30.5. The van der Waals surface area contributed by atoms with Gasteiger partial charge in [0.15, 0.2) is 0 Å². The maximum Gasteiger partial charge on any atom is 0.277 e. The van der Waals surface area contributed by atoms with Crippen LogP contribution < -0.4 is 15.0 Å². The molecule has 0 bridgehead atoms. The number of thioether (sulfide) groups is 1. The van der Waals surface area contributed by atoms with E-state index in [1.807, 2.05) is 85.1 Å². The van der Waals surface area contributed by atoms with Crippen molar-refractivity contribution < 1.29 is 14.3 Å². The first kappa shape index (κ1) is 24.6. The maximum absolute atomic E-state index is 14.0. The molecule has 1 aromatic heterocycles. The van der Waals surface area contributed by atoms with Gasteiger partial charge in [-0.1, -0.05) is 54.6 Å². The lowest BCUT2D eigenvalue weighted by molar-refractivity contribution is -0.126. The van der Waals surface area contributed by atoms with Crippen LogP contribution in [0, 0.1) is 0 Å². The number of methoxy groups -OCH3 is 1. The van der Waals surface area contributed by atoms with Gasteiger partial charge < -0.3 is 10.1 Å². The molecule has 7 nitrogen and oxygen atoms in total. The largest absolute Gasteiger partial charge is 0.496 e. The summed E-state index contributed by atoms with van der Waals surface area (Å²) in [6, 6.07) is 26.8. The van der Waals surface area contributed by atoms with Crippen molar-refractivity contribution in [3.8, 4) is 17.0 Å². The molecule has 4 aromatic rings. The van der Waals surface area contributed by atoms with E-state index < -0.39 is 5.54 Å². The van der Waals surface area contributed by atoms with Crippen molar-refractivity contribution in [1.82, 2.24) is 15.1 Å².